The number of ether oxygens (including phenoxy) is 2. The van der Waals surface area contributed by atoms with Gasteiger partial charge in [0.1, 0.15) is 12.4 Å². The molecule has 4 rings (SSSR count). The van der Waals surface area contributed by atoms with E-state index in [2.05, 4.69) is 10.6 Å². The predicted molar refractivity (Wildman–Crippen MR) is 139 cm³/mol. The standard InChI is InChI=1S/C28H23F3N2O6S/c1-38-22-12-9-19(13-21(22)23(34)32-15-17-7-10-20(11-8-17)28(29,30)31)14-27(24(35)33-26(37)40-27)25(36)39-16-18-5-3-2-4-6-18/h2-13H,14-16H2,1H3,(H,32,34)(H,33,35,37)/t27-/m1/s1. The van der Waals surface area contributed by atoms with Crippen LogP contribution in [0.1, 0.15) is 32.6 Å². The van der Waals surface area contributed by atoms with Crippen molar-refractivity contribution in [1.29, 1.82) is 0 Å². The van der Waals surface area contributed by atoms with E-state index in [0.717, 1.165) is 12.1 Å². The van der Waals surface area contributed by atoms with Crippen molar-refractivity contribution in [3.05, 3.63) is 101 Å². The van der Waals surface area contributed by atoms with E-state index in [1.54, 1.807) is 36.4 Å². The summed E-state index contributed by atoms with van der Waals surface area (Å²) >= 11 is 0.508. The van der Waals surface area contributed by atoms with Gasteiger partial charge in [-0.15, -0.1) is 0 Å². The normalized spacial score (nSPS) is 16.8. The SMILES string of the molecule is COc1ccc(C[C@@]2(C(=O)OCc3ccccc3)SC(=O)NC2=O)cc1C(=O)NCc1ccc(C(F)(F)F)cc1. The van der Waals surface area contributed by atoms with Crippen LogP contribution >= 0.6 is 11.8 Å². The summed E-state index contributed by atoms with van der Waals surface area (Å²) < 4.78 is 47.2. The number of esters is 1. The Labute approximate surface area is 231 Å². The number of alkyl halides is 3. The van der Waals surface area contributed by atoms with Crippen molar-refractivity contribution in [1.82, 2.24) is 10.6 Å². The van der Waals surface area contributed by atoms with E-state index >= 15 is 0 Å². The second-order valence-electron chi connectivity index (χ2n) is 8.82. The second kappa shape index (κ2) is 11.8. The zero-order chi connectivity index (χ0) is 28.9. The molecular formula is C28H23F3N2O6S. The highest BCUT2D eigenvalue weighted by molar-refractivity contribution is 8.16. The number of benzene rings is 3. The highest BCUT2D eigenvalue weighted by atomic mass is 32.2. The van der Waals surface area contributed by atoms with E-state index in [1.807, 2.05) is 0 Å². The number of hydrogen-bond donors (Lipinski definition) is 2. The van der Waals surface area contributed by atoms with Crippen LogP contribution in [0.15, 0.2) is 72.8 Å². The summed E-state index contributed by atoms with van der Waals surface area (Å²) in [6.07, 6.45) is -4.73. The third-order valence-corrected chi connectivity index (χ3v) is 7.22. The molecule has 0 radical (unpaired) electrons. The molecule has 0 bridgehead atoms. The fourth-order valence-corrected chi connectivity index (χ4v) is 4.99. The van der Waals surface area contributed by atoms with Crippen molar-refractivity contribution in [3.8, 4) is 5.75 Å². The summed E-state index contributed by atoms with van der Waals surface area (Å²) in [5, 5.41) is 4.05. The summed E-state index contributed by atoms with van der Waals surface area (Å²) in [5.74, 6) is -2.15. The maximum absolute atomic E-state index is 13.2. The van der Waals surface area contributed by atoms with E-state index in [9.17, 15) is 32.3 Å². The van der Waals surface area contributed by atoms with Crippen molar-refractivity contribution >= 4 is 34.8 Å². The van der Waals surface area contributed by atoms with Crippen molar-refractivity contribution in [2.75, 3.05) is 7.11 Å². The van der Waals surface area contributed by atoms with E-state index in [1.165, 1.54) is 31.4 Å². The number of nitrogens with one attached hydrogen (secondary N) is 2. The highest BCUT2D eigenvalue weighted by Crippen LogP contribution is 2.38. The Balaban J connectivity index is 1.52. The molecule has 0 saturated carbocycles. The lowest BCUT2D eigenvalue weighted by Gasteiger charge is -2.23. The number of rotatable bonds is 9. The topological polar surface area (TPSA) is 111 Å². The van der Waals surface area contributed by atoms with Crippen LogP contribution in [-0.4, -0.2) is 34.9 Å². The molecule has 12 heteroatoms. The van der Waals surface area contributed by atoms with Crippen LogP contribution in [0.2, 0.25) is 0 Å². The monoisotopic (exact) mass is 572 g/mol. The molecule has 40 heavy (non-hydrogen) atoms. The van der Waals surface area contributed by atoms with Gasteiger partial charge >= 0.3 is 12.1 Å². The van der Waals surface area contributed by atoms with E-state index in [4.69, 9.17) is 9.47 Å². The van der Waals surface area contributed by atoms with Crippen LogP contribution in [0.25, 0.3) is 0 Å². The number of imide groups is 1. The van der Waals surface area contributed by atoms with Gasteiger partial charge in [0.2, 0.25) is 4.75 Å². The molecule has 1 aliphatic rings. The Morgan fingerprint density at radius 3 is 2.23 bits per heavy atom. The largest absolute Gasteiger partial charge is 0.496 e. The summed E-state index contributed by atoms with van der Waals surface area (Å²) in [5.41, 5.74) is 0.760. The fraction of sp³-hybridized carbons (Fsp3) is 0.214. The van der Waals surface area contributed by atoms with Gasteiger partial charge in [0.05, 0.1) is 18.2 Å². The molecule has 1 heterocycles. The molecule has 208 valence electrons. The van der Waals surface area contributed by atoms with Crippen molar-refractivity contribution < 1.29 is 41.8 Å². The van der Waals surface area contributed by atoms with Crippen LogP contribution in [-0.2, 0) is 40.1 Å². The molecule has 3 amide bonds. The number of methoxy groups -OCH3 is 1. The molecule has 0 aliphatic carbocycles. The van der Waals surface area contributed by atoms with Crippen LogP contribution in [0.3, 0.4) is 0 Å². The quantitative estimate of drug-likeness (QED) is 0.284. The van der Waals surface area contributed by atoms with Gasteiger partial charge in [-0.25, -0.2) is 4.79 Å². The molecule has 1 aliphatic heterocycles. The lowest BCUT2D eigenvalue weighted by atomic mass is 9.95. The summed E-state index contributed by atoms with van der Waals surface area (Å²) in [4.78, 5) is 51.1. The van der Waals surface area contributed by atoms with Crippen molar-refractivity contribution in [2.45, 2.75) is 30.5 Å². The van der Waals surface area contributed by atoms with Crippen LogP contribution in [0, 0.1) is 0 Å². The molecule has 1 atom stereocenters. The smallest absolute Gasteiger partial charge is 0.416 e. The Hall–Kier alpha value is -4.32. The van der Waals surface area contributed by atoms with Gasteiger partial charge in [-0.05, 0) is 52.7 Å². The third kappa shape index (κ3) is 6.45. The number of halogens is 3. The molecule has 0 unspecified atom stereocenters. The summed E-state index contributed by atoms with van der Waals surface area (Å²) in [6, 6.07) is 17.6. The Morgan fingerprint density at radius 2 is 1.62 bits per heavy atom. The van der Waals surface area contributed by atoms with Gasteiger partial charge in [-0.3, -0.25) is 19.7 Å². The number of amides is 3. The molecular weight excluding hydrogens is 549 g/mol. The molecule has 2 N–H and O–H groups in total. The first kappa shape index (κ1) is 28.7. The number of carbonyl (C=O) groups excluding carboxylic acids is 4. The van der Waals surface area contributed by atoms with E-state index in [0.29, 0.717) is 28.5 Å². The van der Waals surface area contributed by atoms with Crippen LogP contribution in [0.5, 0.6) is 5.75 Å². The van der Waals surface area contributed by atoms with Gasteiger partial charge < -0.3 is 14.8 Å². The Bertz CT molecular complexity index is 1430. The van der Waals surface area contributed by atoms with Gasteiger partial charge in [0.15, 0.2) is 0 Å². The molecule has 1 saturated heterocycles. The van der Waals surface area contributed by atoms with Gasteiger partial charge in [0.25, 0.3) is 17.1 Å². The average molecular weight is 573 g/mol. The first-order valence-electron chi connectivity index (χ1n) is 11.9. The summed E-state index contributed by atoms with van der Waals surface area (Å²) in [7, 11) is 1.35. The molecule has 1 fully saturated rings. The lowest BCUT2D eigenvalue weighted by Crippen LogP contribution is -2.46. The molecule has 0 spiro atoms. The maximum Gasteiger partial charge on any atom is 0.416 e. The number of hydrogen-bond acceptors (Lipinski definition) is 7. The lowest BCUT2D eigenvalue weighted by molar-refractivity contribution is -0.150. The third-order valence-electron chi connectivity index (χ3n) is 6.09. The zero-order valence-corrected chi connectivity index (χ0v) is 21.9. The predicted octanol–water partition coefficient (Wildman–Crippen LogP) is 4.65. The van der Waals surface area contributed by atoms with Crippen molar-refractivity contribution in [2.24, 2.45) is 0 Å². The first-order chi connectivity index (χ1) is 19.0. The number of carbonyl (C=O) groups is 4. The van der Waals surface area contributed by atoms with Crippen molar-refractivity contribution in [3.63, 3.8) is 0 Å². The van der Waals surface area contributed by atoms with E-state index in [-0.39, 0.29) is 30.9 Å². The van der Waals surface area contributed by atoms with Gasteiger partial charge in [-0.2, -0.15) is 13.2 Å². The zero-order valence-electron chi connectivity index (χ0n) is 21.0. The van der Waals surface area contributed by atoms with Crippen LogP contribution < -0.4 is 15.4 Å². The molecule has 3 aromatic carbocycles. The van der Waals surface area contributed by atoms with Gasteiger partial charge in [0, 0.05) is 13.0 Å². The maximum atomic E-state index is 13.2. The minimum atomic E-state index is -4.47. The minimum absolute atomic E-state index is 0.0626. The Kier molecular flexibility index (Phi) is 8.48. The van der Waals surface area contributed by atoms with Crippen LogP contribution in [0.4, 0.5) is 18.0 Å². The molecule has 3 aromatic rings. The minimum Gasteiger partial charge on any atom is -0.496 e. The molecule has 8 nitrogen and oxygen atoms in total. The summed E-state index contributed by atoms with van der Waals surface area (Å²) in [6.45, 7) is -0.170. The Morgan fingerprint density at radius 1 is 0.950 bits per heavy atom. The molecule has 0 aromatic heterocycles. The van der Waals surface area contributed by atoms with E-state index < -0.39 is 39.5 Å². The highest BCUT2D eigenvalue weighted by Gasteiger charge is 2.55. The average Bonchev–Trinajstić information content (AvgIpc) is 3.23. The first-order valence-corrected chi connectivity index (χ1v) is 12.7. The second-order valence-corrected chi connectivity index (χ2v) is 10.1. The number of thioether (sulfide) groups is 1. The fourth-order valence-electron chi connectivity index (χ4n) is 4.01. The van der Waals surface area contributed by atoms with Gasteiger partial charge in [-0.1, -0.05) is 48.5 Å².